The van der Waals surface area contributed by atoms with Crippen LogP contribution in [0, 0.1) is 5.92 Å². The molecule has 0 saturated heterocycles. The van der Waals surface area contributed by atoms with Crippen LogP contribution in [0.2, 0.25) is 0 Å². The molecule has 0 radical (unpaired) electrons. The number of hydrogen-bond donors (Lipinski definition) is 1. The summed E-state index contributed by atoms with van der Waals surface area (Å²) in [6.45, 7) is 16.9. The maximum absolute atomic E-state index is 12.3. The lowest BCUT2D eigenvalue weighted by Gasteiger charge is -2.28. The first-order valence-corrected chi connectivity index (χ1v) is 9.27. The quantitative estimate of drug-likeness (QED) is 0.701. The van der Waals surface area contributed by atoms with Crippen LogP contribution in [0.3, 0.4) is 0 Å². The van der Waals surface area contributed by atoms with Gasteiger partial charge in [-0.1, -0.05) is 73.9 Å². The Kier molecular flexibility index (Phi) is 6.67. The zero-order valence-electron chi connectivity index (χ0n) is 16.9. The molecule has 2 heteroatoms. The van der Waals surface area contributed by atoms with Crippen molar-refractivity contribution in [2.75, 3.05) is 0 Å². The van der Waals surface area contributed by atoms with Gasteiger partial charge in [0.25, 0.3) is 0 Å². The molecule has 136 valence electrons. The van der Waals surface area contributed by atoms with Crippen molar-refractivity contribution >= 4 is 5.78 Å². The third-order valence-electron chi connectivity index (χ3n) is 4.72. The predicted molar refractivity (Wildman–Crippen MR) is 103 cm³/mol. The van der Waals surface area contributed by atoms with Gasteiger partial charge in [-0.15, -0.1) is 0 Å². The third kappa shape index (κ3) is 5.36. The van der Waals surface area contributed by atoms with Crippen molar-refractivity contribution in [3.63, 3.8) is 0 Å². The summed E-state index contributed by atoms with van der Waals surface area (Å²) in [6.07, 6.45) is 3.35. The second-order valence-electron chi connectivity index (χ2n) is 9.20. The maximum Gasteiger partial charge on any atom is 0.136 e. The highest BCUT2D eigenvalue weighted by Gasteiger charge is 2.26. The molecule has 0 bridgehead atoms. The molecule has 0 spiro atoms. The minimum absolute atomic E-state index is 0.125. The molecule has 1 rings (SSSR count). The largest absolute Gasteiger partial charge is 0.507 e. The van der Waals surface area contributed by atoms with Gasteiger partial charge in [-0.05, 0) is 40.4 Å². The molecule has 1 aromatic carbocycles. The molecule has 24 heavy (non-hydrogen) atoms. The fraction of sp³-hybridized carbons (Fsp3) is 0.682. The summed E-state index contributed by atoms with van der Waals surface area (Å²) in [5, 5.41) is 10.8. The summed E-state index contributed by atoms with van der Waals surface area (Å²) in [6, 6.07) is 4.17. The number of phenols is 1. The van der Waals surface area contributed by atoms with E-state index in [2.05, 4.69) is 60.6 Å². The van der Waals surface area contributed by atoms with Crippen LogP contribution in [0.1, 0.15) is 91.3 Å². The van der Waals surface area contributed by atoms with Crippen molar-refractivity contribution < 1.29 is 9.90 Å². The number of rotatable bonds is 6. The number of carbonyl (C=O) groups is 1. The van der Waals surface area contributed by atoms with Crippen LogP contribution in [-0.4, -0.2) is 10.9 Å². The van der Waals surface area contributed by atoms with Gasteiger partial charge in [-0.25, -0.2) is 0 Å². The summed E-state index contributed by atoms with van der Waals surface area (Å²) in [5.41, 5.74) is 2.84. The van der Waals surface area contributed by atoms with E-state index in [0.717, 1.165) is 36.0 Å². The molecular formula is C22H36O2. The van der Waals surface area contributed by atoms with Crippen LogP contribution in [0.5, 0.6) is 5.75 Å². The van der Waals surface area contributed by atoms with Gasteiger partial charge in [0, 0.05) is 12.3 Å². The topological polar surface area (TPSA) is 37.3 Å². The molecule has 0 aromatic heterocycles. The van der Waals surface area contributed by atoms with Gasteiger partial charge in [-0.3, -0.25) is 4.79 Å². The molecule has 2 nitrogen and oxygen atoms in total. The van der Waals surface area contributed by atoms with Crippen molar-refractivity contribution in [3.05, 3.63) is 28.8 Å². The Labute approximate surface area is 148 Å². The third-order valence-corrected chi connectivity index (χ3v) is 4.72. The van der Waals surface area contributed by atoms with Crippen LogP contribution in [0.15, 0.2) is 12.1 Å². The van der Waals surface area contributed by atoms with E-state index in [9.17, 15) is 9.90 Å². The van der Waals surface area contributed by atoms with E-state index >= 15 is 0 Å². The average molecular weight is 333 g/mol. The monoisotopic (exact) mass is 332 g/mol. The first kappa shape index (κ1) is 20.7. The fourth-order valence-corrected chi connectivity index (χ4v) is 3.09. The Balaban J connectivity index is 3.14. The van der Waals surface area contributed by atoms with Crippen molar-refractivity contribution in [1.29, 1.82) is 0 Å². The highest BCUT2D eigenvalue weighted by atomic mass is 16.3. The van der Waals surface area contributed by atoms with E-state index in [1.807, 2.05) is 6.92 Å². The zero-order valence-corrected chi connectivity index (χ0v) is 16.9. The summed E-state index contributed by atoms with van der Waals surface area (Å²) in [4.78, 5) is 12.3. The number of benzene rings is 1. The van der Waals surface area contributed by atoms with Crippen LogP contribution in [0.25, 0.3) is 0 Å². The molecule has 0 amide bonds. The molecule has 1 N–H and O–H groups in total. The molecule has 0 aliphatic heterocycles. The lowest BCUT2D eigenvalue weighted by molar-refractivity contribution is -0.122. The standard InChI is InChI=1S/C22H36O2/c1-9-10-15(2)19(23)12-11-16-13-17(21(3,4)5)20(24)18(14-16)22(6,7)8/h13-15,24H,9-12H2,1-8H3. The Morgan fingerprint density at radius 3 is 1.88 bits per heavy atom. The second-order valence-corrected chi connectivity index (χ2v) is 9.20. The number of hydrogen-bond acceptors (Lipinski definition) is 2. The molecule has 0 aliphatic carbocycles. The smallest absolute Gasteiger partial charge is 0.136 e. The van der Waals surface area contributed by atoms with Crippen molar-refractivity contribution in [1.82, 2.24) is 0 Å². The summed E-state index contributed by atoms with van der Waals surface area (Å²) < 4.78 is 0. The van der Waals surface area contributed by atoms with E-state index in [4.69, 9.17) is 0 Å². The van der Waals surface area contributed by atoms with Gasteiger partial charge in [0.2, 0.25) is 0 Å². The van der Waals surface area contributed by atoms with Gasteiger partial charge >= 0.3 is 0 Å². The number of aryl methyl sites for hydroxylation is 1. The van der Waals surface area contributed by atoms with Crippen molar-refractivity contribution in [2.24, 2.45) is 5.92 Å². The Bertz CT molecular complexity index is 536. The number of aromatic hydroxyl groups is 1. The molecule has 1 aromatic rings. The van der Waals surface area contributed by atoms with Gasteiger partial charge in [0.1, 0.15) is 11.5 Å². The Hall–Kier alpha value is -1.31. The lowest BCUT2D eigenvalue weighted by Crippen LogP contribution is -2.18. The van der Waals surface area contributed by atoms with Gasteiger partial charge < -0.3 is 5.11 Å². The van der Waals surface area contributed by atoms with Crippen LogP contribution in [0.4, 0.5) is 0 Å². The van der Waals surface area contributed by atoms with E-state index in [-0.39, 0.29) is 16.7 Å². The molecule has 0 aliphatic rings. The van der Waals surface area contributed by atoms with Crippen molar-refractivity contribution in [2.45, 2.75) is 91.9 Å². The molecule has 0 fully saturated rings. The SMILES string of the molecule is CCCC(C)C(=O)CCc1cc(C(C)(C)C)c(O)c(C(C)(C)C)c1. The predicted octanol–water partition coefficient (Wildman–Crippen LogP) is 5.93. The number of phenolic OH excluding ortho intramolecular Hbond substituents is 1. The normalized spacial score (nSPS) is 13.8. The highest BCUT2D eigenvalue weighted by Crippen LogP contribution is 2.40. The van der Waals surface area contributed by atoms with E-state index in [1.54, 1.807) is 0 Å². The first-order chi connectivity index (χ1) is 10.9. The summed E-state index contributed by atoms with van der Waals surface area (Å²) in [7, 11) is 0. The molecule has 0 saturated carbocycles. The minimum Gasteiger partial charge on any atom is -0.507 e. The number of Topliss-reactive ketones (excluding diaryl/α,β-unsaturated/α-hetero) is 1. The summed E-state index contributed by atoms with van der Waals surface area (Å²) in [5.74, 6) is 0.903. The average Bonchev–Trinajstić information content (AvgIpc) is 2.43. The first-order valence-electron chi connectivity index (χ1n) is 9.27. The van der Waals surface area contributed by atoms with Crippen LogP contribution in [-0.2, 0) is 22.0 Å². The lowest BCUT2D eigenvalue weighted by atomic mass is 9.78. The molecule has 0 heterocycles. The summed E-state index contributed by atoms with van der Waals surface area (Å²) >= 11 is 0. The highest BCUT2D eigenvalue weighted by molar-refractivity contribution is 5.80. The van der Waals surface area contributed by atoms with Gasteiger partial charge in [-0.2, -0.15) is 0 Å². The van der Waals surface area contributed by atoms with Gasteiger partial charge in [0.15, 0.2) is 0 Å². The Morgan fingerprint density at radius 1 is 1.04 bits per heavy atom. The second kappa shape index (κ2) is 7.72. The van der Waals surface area contributed by atoms with E-state index in [0.29, 0.717) is 18.0 Å². The minimum atomic E-state index is -0.125. The van der Waals surface area contributed by atoms with Gasteiger partial charge in [0.05, 0.1) is 0 Å². The molecule has 1 unspecified atom stereocenters. The Morgan fingerprint density at radius 2 is 1.50 bits per heavy atom. The van der Waals surface area contributed by atoms with Crippen molar-refractivity contribution in [3.8, 4) is 5.75 Å². The number of ketones is 1. The zero-order chi connectivity index (χ0) is 18.7. The number of carbonyl (C=O) groups excluding carboxylic acids is 1. The van der Waals surface area contributed by atoms with Crippen LogP contribution >= 0.6 is 0 Å². The molecular weight excluding hydrogens is 296 g/mol. The van der Waals surface area contributed by atoms with Crippen LogP contribution < -0.4 is 0 Å². The van der Waals surface area contributed by atoms with E-state index < -0.39 is 0 Å². The molecule has 1 atom stereocenters. The maximum atomic E-state index is 12.3. The fourth-order valence-electron chi connectivity index (χ4n) is 3.09. The van der Waals surface area contributed by atoms with E-state index in [1.165, 1.54) is 0 Å².